The number of benzene rings is 2. The van der Waals surface area contributed by atoms with Crippen LogP contribution < -0.4 is 10.1 Å². The molecular weight excluding hydrogens is 380 g/mol. The molecule has 0 spiro atoms. The van der Waals surface area contributed by atoms with E-state index in [9.17, 15) is 10.1 Å². The molecule has 0 bridgehead atoms. The number of carbonyl (C=O) groups is 1. The molecule has 1 N–H and O–H groups in total. The van der Waals surface area contributed by atoms with Crippen molar-refractivity contribution in [3.63, 3.8) is 0 Å². The molecule has 0 saturated carbocycles. The van der Waals surface area contributed by atoms with E-state index in [4.69, 9.17) is 4.74 Å². The van der Waals surface area contributed by atoms with E-state index >= 15 is 0 Å². The van der Waals surface area contributed by atoms with Gasteiger partial charge in [-0.05, 0) is 58.3 Å². The second-order valence-corrected chi connectivity index (χ2v) is 6.23. The van der Waals surface area contributed by atoms with Crippen molar-refractivity contribution < 1.29 is 9.53 Å². The first kappa shape index (κ1) is 18.8. The highest BCUT2D eigenvalue weighted by molar-refractivity contribution is 9.10. The van der Waals surface area contributed by atoms with Crippen molar-refractivity contribution in [3.8, 4) is 11.8 Å². The summed E-state index contributed by atoms with van der Waals surface area (Å²) >= 11 is 3.37. The molecule has 4 nitrogen and oxygen atoms in total. The summed E-state index contributed by atoms with van der Waals surface area (Å²) < 4.78 is 6.36. The van der Waals surface area contributed by atoms with Gasteiger partial charge >= 0.3 is 0 Å². The fourth-order valence-electron chi connectivity index (χ4n) is 2.06. The average molecular weight is 399 g/mol. The molecule has 5 heteroatoms. The Labute approximate surface area is 156 Å². The number of para-hydroxylation sites is 1. The number of ether oxygens (including phenoxy) is 1. The zero-order valence-corrected chi connectivity index (χ0v) is 15.5. The van der Waals surface area contributed by atoms with E-state index < -0.39 is 5.91 Å². The molecule has 0 fully saturated rings. The first-order valence-electron chi connectivity index (χ1n) is 8.04. The molecule has 0 heterocycles. The summed E-state index contributed by atoms with van der Waals surface area (Å²) in [5.41, 5.74) is 1.42. The van der Waals surface area contributed by atoms with Gasteiger partial charge in [0.1, 0.15) is 17.4 Å². The number of nitrogens with zero attached hydrogens (tertiary/aromatic N) is 1. The maximum absolute atomic E-state index is 12.3. The molecule has 0 aliphatic carbocycles. The largest absolute Gasteiger partial charge is 0.494 e. The average Bonchev–Trinajstić information content (AvgIpc) is 2.63. The van der Waals surface area contributed by atoms with Gasteiger partial charge in [0.15, 0.2) is 0 Å². The molecule has 0 atom stereocenters. The minimum Gasteiger partial charge on any atom is -0.494 e. The van der Waals surface area contributed by atoms with Crippen LogP contribution in [0.5, 0.6) is 5.75 Å². The lowest BCUT2D eigenvalue weighted by molar-refractivity contribution is -0.112. The van der Waals surface area contributed by atoms with E-state index in [2.05, 4.69) is 28.2 Å². The molecule has 0 radical (unpaired) electrons. The van der Waals surface area contributed by atoms with Gasteiger partial charge in [0.25, 0.3) is 5.91 Å². The minimum absolute atomic E-state index is 0.0374. The molecule has 0 saturated heterocycles. The Balaban J connectivity index is 2.07. The number of carbonyl (C=O) groups excluding carboxylic acids is 1. The Kier molecular flexibility index (Phi) is 7.24. The van der Waals surface area contributed by atoms with E-state index in [1.807, 2.05) is 48.5 Å². The van der Waals surface area contributed by atoms with E-state index in [1.165, 1.54) is 0 Å². The third kappa shape index (κ3) is 5.77. The number of rotatable bonds is 7. The van der Waals surface area contributed by atoms with E-state index in [1.54, 1.807) is 12.1 Å². The number of amides is 1. The van der Waals surface area contributed by atoms with Crippen molar-refractivity contribution in [1.82, 2.24) is 0 Å². The summed E-state index contributed by atoms with van der Waals surface area (Å²) in [6.07, 6.45) is 3.65. The monoisotopic (exact) mass is 398 g/mol. The van der Waals surface area contributed by atoms with Crippen LogP contribution in [0, 0.1) is 11.3 Å². The summed E-state index contributed by atoms with van der Waals surface area (Å²) in [7, 11) is 0. The zero-order valence-electron chi connectivity index (χ0n) is 14.0. The van der Waals surface area contributed by atoms with Crippen LogP contribution in [0.2, 0.25) is 0 Å². The lowest BCUT2D eigenvalue weighted by Gasteiger charge is -2.07. The minimum atomic E-state index is -0.447. The lowest BCUT2D eigenvalue weighted by Crippen LogP contribution is -2.13. The second kappa shape index (κ2) is 9.65. The molecule has 25 heavy (non-hydrogen) atoms. The Bertz CT molecular complexity index is 792. The summed E-state index contributed by atoms with van der Waals surface area (Å²) in [4.78, 5) is 12.3. The van der Waals surface area contributed by atoms with Crippen molar-refractivity contribution in [2.75, 3.05) is 11.9 Å². The number of hydrogen-bond donors (Lipinski definition) is 1. The van der Waals surface area contributed by atoms with Crippen molar-refractivity contribution in [1.29, 1.82) is 5.26 Å². The van der Waals surface area contributed by atoms with Crippen molar-refractivity contribution in [3.05, 3.63) is 64.1 Å². The first-order valence-corrected chi connectivity index (χ1v) is 8.84. The van der Waals surface area contributed by atoms with Crippen LogP contribution in [-0.2, 0) is 4.79 Å². The highest BCUT2D eigenvalue weighted by atomic mass is 79.9. The van der Waals surface area contributed by atoms with Gasteiger partial charge in [-0.3, -0.25) is 4.79 Å². The number of hydrogen-bond acceptors (Lipinski definition) is 3. The maximum atomic E-state index is 12.3. The lowest BCUT2D eigenvalue weighted by atomic mass is 10.1. The predicted octanol–water partition coefficient (Wildman–Crippen LogP) is 5.17. The van der Waals surface area contributed by atoms with Crippen molar-refractivity contribution in [2.24, 2.45) is 0 Å². The Hall–Kier alpha value is -2.58. The van der Waals surface area contributed by atoms with E-state index in [-0.39, 0.29) is 5.57 Å². The molecule has 0 unspecified atom stereocenters. The van der Waals surface area contributed by atoms with Gasteiger partial charge in [0, 0.05) is 4.47 Å². The van der Waals surface area contributed by atoms with Gasteiger partial charge < -0.3 is 10.1 Å². The van der Waals surface area contributed by atoms with Gasteiger partial charge in [-0.25, -0.2) is 0 Å². The molecule has 1 amide bonds. The Morgan fingerprint density at radius 3 is 2.60 bits per heavy atom. The number of nitrogens with one attached hydrogen (secondary N) is 1. The second-order valence-electron chi connectivity index (χ2n) is 5.37. The Morgan fingerprint density at radius 1 is 1.24 bits per heavy atom. The maximum Gasteiger partial charge on any atom is 0.266 e. The molecular formula is C20H19BrN2O2. The molecule has 128 valence electrons. The number of nitriles is 1. The van der Waals surface area contributed by atoms with Gasteiger partial charge in [-0.15, -0.1) is 0 Å². The molecule has 0 aromatic heterocycles. The molecule has 0 aliphatic heterocycles. The SMILES string of the molecule is CCCCOc1ccc(/C=C(\C#N)C(=O)Nc2ccccc2Br)cc1. The van der Waals surface area contributed by atoms with Crippen LogP contribution in [0.4, 0.5) is 5.69 Å². The van der Waals surface area contributed by atoms with Crippen molar-refractivity contribution in [2.45, 2.75) is 19.8 Å². The molecule has 2 aromatic rings. The van der Waals surface area contributed by atoms with Gasteiger partial charge in [0.2, 0.25) is 0 Å². The third-order valence-corrected chi connectivity index (χ3v) is 4.14. The number of unbranched alkanes of at least 4 members (excludes halogenated alkanes) is 1. The van der Waals surface area contributed by atoms with Crippen LogP contribution in [0.3, 0.4) is 0 Å². The van der Waals surface area contributed by atoms with E-state index in [0.717, 1.165) is 28.6 Å². The topological polar surface area (TPSA) is 62.1 Å². The first-order chi connectivity index (χ1) is 12.1. The molecule has 2 aromatic carbocycles. The third-order valence-electron chi connectivity index (χ3n) is 3.44. The van der Waals surface area contributed by atoms with Crippen LogP contribution in [0.1, 0.15) is 25.3 Å². The van der Waals surface area contributed by atoms with Crippen LogP contribution >= 0.6 is 15.9 Å². The predicted molar refractivity (Wildman–Crippen MR) is 103 cm³/mol. The summed E-state index contributed by atoms with van der Waals surface area (Å²) in [6, 6.07) is 16.5. The zero-order chi connectivity index (χ0) is 18.1. The highest BCUT2D eigenvalue weighted by Gasteiger charge is 2.11. The van der Waals surface area contributed by atoms with Crippen LogP contribution in [-0.4, -0.2) is 12.5 Å². The summed E-state index contributed by atoms with van der Waals surface area (Å²) in [6.45, 7) is 2.79. The van der Waals surface area contributed by atoms with Gasteiger partial charge in [-0.2, -0.15) is 5.26 Å². The smallest absolute Gasteiger partial charge is 0.266 e. The standard InChI is InChI=1S/C20H19BrN2O2/c1-2-3-12-25-17-10-8-15(9-11-17)13-16(14-22)20(24)23-19-7-5-4-6-18(19)21/h4-11,13H,2-3,12H2,1H3,(H,23,24)/b16-13+. The van der Waals surface area contributed by atoms with Gasteiger partial charge in [0.05, 0.1) is 12.3 Å². The highest BCUT2D eigenvalue weighted by Crippen LogP contribution is 2.22. The summed E-state index contributed by atoms with van der Waals surface area (Å²) in [5, 5.41) is 12.0. The molecule has 2 rings (SSSR count). The van der Waals surface area contributed by atoms with Crippen LogP contribution in [0.25, 0.3) is 6.08 Å². The van der Waals surface area contributed by atoms with E-state index in [0.29, 0.717) is 12.3 Å². The quantitative estimate of drug-likeness (QED) is 0.397. The summed E-state index contributed by atoms with van der Waals surface area (Å²) in [5.74, 6) is 0.333. The molecule has 0 aliphatic rings. The fourth-order valence-corrected chi connectivity index (χ4v) is 2.45. The van der Waals surface area contributed by atoms with Crippen molar-refractivity contribution >= 4 is 33.6 Å². The van der Waals surface area contributed by atoms with Crippen LogP contribution in [0.15, 0.2) is 58.6 Å². The normalized spacial score (nSPS) is 10.8. The fraction of sp³-hybridized carbons (Fsp3) is 0.200. The Morgan fingerprint density at radius 2 is 1.96 bits per heavy atom. The van der Waals surface area contributed by atoms with Gasteiger partial charge in [-0.1, -0.05) is 37.6 Å². The number of anilines is 1. The number of halogens is 1.